The molecule has 1 saturated carbocycles. The molecule has 25 heavy (non-hydrogen) atoms. The van der Waals surface area contributed by atoms with Gasteiger partial charge >= 0.3 is 0 Å². The van der Waals surface area contributed by atoms with E-state index in [-0.39, 0.29) is 42.7 Å². The number of aliphatic hydroxyl groups is 3. The van der Waals surface area contributed by atoms with Crippen molar-refractivity contribution in [3.05, 3.63) is 47.3 Å². The van der Waals surface area contributed by atoms with E-state index >= 15 is 0 Å². The first-order valence-corrected chi connectivity index (χ1v) is 8.49. The van der Waals surface area contributed by atoms with Crippen LogP contribution in [-0.2, 0) is 9.59 Å². The van der Waals surface area contributed by atoms with Crippen molar-refractivity contribution in [3.63, 3.8) is 0 Å². The fourth-order valence-corrected chi connectivity index (χ4v) is 2.72. The van der Waals surface area contributed by atoms with E-state index in [0.29, 0.717) is 0 Å². The molecule has 6 heteroatoms. The fraction of sp³-hybridized carbons (Fsp3) is 0.474. The Labute approximate surface area is 147 Å². The van der Waals surface area contributed by atoms with Crippen LogP contribution in [-0.4, -0.2) is 50.8 Å². The molecule has 2 amide bonds. The van der Waals surface area contributed by atoms with Crippen LogP contribution in [0.3, 0.4) is 0 Å². The predicted octanol–water partition coefficient (Wildman–Crippen LogP) is 1.91. The Balaban J connectivity index is 1.85. The van der Waals surface area contributed by atoms with Crippen molar-refractivity contribution in [2.45, 2.75) is 51.2 Å². The molecule has 0 bridgehead atoms. The van der Waals surface area contributed by atoms with Crippen LogP contribution in [0.4, 0.5) is 0 Å². The Bertz CT molecular complexity index is 653. The first-order chi connectivity index (χ1) is 11.8. The fourth-order valence-electron chi connectivity index (χ4n) is 2.72. The molecule has 1 saturated heterocycles. The maximum atomic E-state index is 12.3. The summed E-state index contributed by atoms with van der Waals surface area (Å²) in [6.07, 6.45) is 5.35. The number of likely N-dealkylation sites (tertiary alicyclic amines) is 1. The molecule has 2 unspecified atom stereocenters. The van der Waals surface area contributed by atoms with Gasteiger partial charge in [-0.1, -0.05) is 18.7 Å². The van der Waals surface area contributed by atoms with Gasteiger partial charge in [0.05, 0.1) is 23.5 Å². The Morgan fingerprint density at radius 2 is 1.92 bits per heavy atom. The highest BCUT2D eigenvalue weighted by molar-refractivity contribution is 6.24. The van der Waals surface area contributed by atoms with Crippen molar-refractivity contribution in [2.24, 2.45) is 0 Å². The molecular weight excluding hydrogens is 322 g/mol. The van der Waals surface area contributed by atoms with Crippen LogP contribution in [0.2, 0.25) is 0 Å². The van der Waals surface area contributed by atoms with Crippen molar-refractivity contribution in [1.82, 2.24) is 4.90 Å². The summed E-state index contributed by atoms with van der Waals surface area (Å²) in [5, 5.41) is 29.6. The summed E-state index contributed by atoms with van der Waals surface area (Å²) in [5.74, 6) is -0.666. The maximum Gasteiger partial charge on any atom is 0.261 e. The van der Waals surface area contributed by atoms with E-state index in [2.05, 4.69) is 6.58 Å². The molecule has 2 rings (SSSR count). The molecule has 2 atom stereocenters. The van der Waals surface area contributed by atoms with Gasteiger partial charge in [0.2, 0.25) is 0 Å². The second-order valence-electron chi connectivity index (χ2n) is 6.43. The first-order valence-electron chi connectivity index (χ1n) is 8.49. The summed E-state index contributed by atoms with van der Waals surface area (Å²) in [6, 6.07) is 0. The van der Waals surface area contributed by atoms with E-state index in [9.17, 15) is 24.9 Å². The summed E-state index contributed by atoms with van der Waals surface area (Å²) in [6.45, 7) is 5.51. The number of carbonyl (C=O) groups is 2. The van der Waals surface area contributed by atoms with Crippen molar-refractivity contribution in [3.8, 4) is 0 Å². The molecule has 0 spiro atoms. The molecule has 2 fully saturated rings. The third kappa shape index (κ3) is 4.90. The van der Waals surface area contributed by atoms with Gasteiger partial charge in [0, 0.05) is 18.5 Å². The van der Waals surface area contributed by atoms with Crippen LogP contribution in [0.25, 0.3) is 0 Å². The average Bonchev–Trinajstić information content (AvgIpc) is 3.36. The minimum atomic E-state index is -0.871. The van der Waals surface area contributed by atoms with E-state index in [4.69, 9.17) is 0 Å². The largest absolute Gasteiger partial charge is 0.512 e. The van der Waals surface area contributed by atoms with Crippen molar-refractivity contribution in [1.29, 1.82) is 0 Å². The van der Waals surface area contributed by atoms with E-state index in [1.807, 2.05) is 0 Å². The molecule has 1 heterocycles. The number of imide groups is 1. The van der Waals surface area contributed by atoms with Crippen LogP contribution in [0.15, 0.2) is 47.3 Å². The zero-order valence-corrected chi connectivity index (χ0v) is 14.4. The van der Waals surface area contributed by atoms with Crippen LogP contribution < -0.4 is 0 Å². The molecule has 136 valence electrons. The topological polar surface area (TPSA) is 98.1 Å². The monoisotopic (exact) mass is 347 g/mol. The maximum absolute atomic E-state index is 12.3. The van der Waals surface area contributed by atoms with Crippen molar-refractivity contribution in [2.75, 3.05) is 6.54 Å². The number of aliphatic hydroxyl groups excluding tert-OH is 3. The molecule has 1 aliphatic heterocycles. The summed E-state index contributed by atoms with van der Waals surface area (Å²) < 4.78 is 0. The van der Waals surface area contributed by atoms with Gasteiger partial charge in [-0.2, -0.15) is 0 Å². The van der Waals surface area contributed by atoms with Gasteiger partial charge in [-0.15, -0.1) is 0 Å². The van der Waals surface area contributed by atoms with Gasteiger partial charge in [0.1, 0.15) is 0 Å². The number of nitrogens with zero attached hydrogens (tertiary/aromatic N) is 1. The molecule has 1 aliphatic carbocycles. The van der Waals surface area contributed by atoms with E-state index < -0.39 is 24.0 Å². The number of hydrogen-bond acceptors (Lipinski definition) is 5. The molecule has 0 aromatic carbocycles. The third-order valence-corrected chi connectivity index (χ3v) is 4.33. The molecule has 3 N–H and O–H groups in total. The molecule has 0 aromatic rings. The van der Waals surface area contributed by atoms with Crippen molar-refractivity contribution >= 4 is 11.8 Å². The molecular formula is C19H25NO5. The lowest BCUT2D eigenvalue weighted by molar-refractivity contribution is -0.136. The molecule has 0 radical (unpaired) electrons. The minimum absolute atomic E-state index is 0.0603. The Morgan fingerprint density at radius 3 is 2.52 bits per heavy atom. The van der Waals surface area contributed by atoms with Gasteiger partial charge in [0.15, 0.2) is 0 Å². The summed E-state index contributed by atoms with van der Waals surface area (Å²) >= 11 is 0. The van der Waals surface area contributed by atoms with Gasteiger partial charge in [-0.25, -0.2) is 0 Å². The molecule has 0 aromatic heterocycles. The second kappa shape index (κ2) is 8.27. The smallest absolute Gasteiger partial charge is 0.261 e. The van der Waals surface area contributed by atoms with Gasteiger partial charge in [-0.05, 0) is 44.3 Å². The van der Waals surface area contributed by atoms with Gasteiger partial charge in [-0.3, -0.25) is 14.5 Å². The lowest BCUT2D eigenvalue weighted by Gasteiger charge is -2.18. The summed E-state index contributed by atoms with van der Waals surface area (Å²) in [4.78, 5) is 25.5. The Kier molecular flexibility index (Phi) is 6.33. The third-order valence-electron chi connectivity index (χ3n) is 4.33. The van der Waals surface area contributed by atoms with Crippen LogP contribution >= 0.6 is 0 Å². The van der Waals surface area contributed by atoms with Gasteiger partial charge < -0.3 is 15.3 Å². The average molecular weight is 347 g/mol. The number of amides is 2. The zero-order chi connectivity index (χ0) is 18.6. The number of rotatable bonds is 8. The number of carbonyl (C=O) groups excluding carboxylic acids is 2. The van der Waals surface area contributed by atoms with Crippen LogP contribution in [0.5, 0.6) is 0 Å². The Morgan fingerprint density at radius 1 is 1.24 bits per heavy atom. The standard InChI is InChI=1S/C19H25NO5/c1-3-4-5-16-12(2)18(24)20(19(16)25)9-8-14(21)10-15(22)11-17(23)13-6-7-13/h3-5,14-15,21-23H,2,6-11H2,1H3/b4-3-,16-5+. The van der Waals surface area contributed by atoms with Crippen LogP contribution in [0.1, 0.15) is 39.0 Å². The van der Waals surface area contributed by atoms with E-state index in [1.165, 1.54) is 0 Å². The van der Waals surface area contributed by atoms with E-state index in [0.717, 1.165) is 23.3 Å². The highest BCUT2D eigenvalue weighted by Crippen LogP contribution is 2.32. The minimum Gasteiger partial charge on any atom is -0.512 e. The summed E-state index contributed by atoms with van der Waals surface area (Å²) in [7, 11) is 0. The second-order valence-corrected chi connectivity index (χ2v) is 6.43. The Hall–Kier alpha value is -2.18. The number of hydrogen-bond donors (Lipinski definition) is 3. The first kappa shape index (κ1) is 19.1. The lowest BCUT2D eigenvalue weighted by atomic mass is 10.0. The zero-order valence-electron chi connectivity index (χ0n) is 14.4. The SMILES string of the molecule is C=C1C(=O)N(CCC(O)CC(O)CC(O)=C2CC2)C(=O)/C1=C/C=C\C. The lowest BCUT2D eigenvalue weighted by Crippen LogP contribution is -2.33. The number of allylic oxidation sites excluding steroid dienone is 4. The normalized spacial score (nSPS) is 21.6. The van der Waals surface area contributed by atoms with Crippen LogP contribution in [0, 0.1) is 0 Å². The highest BCUT2D eigenvalue weighted by atomic mass is 16.3. The van der Waals surface area contributed by atoms with E-state index in [1.54, 1.807) is 25.2 Å². The molecule has 2 aliphatic rings. The highest BCUT2D eigenvalue weighted by Gasteiger charge is 2.37. The van der Waals surface area contributed by atoms with Gasteiger partial charge in [0.25, 0.3) is 11.8 Å². The quantitative estimate of drug-likeness (QED) is 0.354. The predicted molar refractivity (Wildman–Crippen MR) is 93.5 cm³/mol. The summed E-state index contributed by atoms with van der Waals surface area (Å²) in [5.41, 5.74) is 1.37. The molecule has 6 nitrogen and oxygen atoms in total. The van der Waals surface area contributed by atoms with Crippen molar-refractivity contribution < 1.29 is 24.9 Å².